The van der Waals surface area contributed by atoms with Gasteiger partial charge in [0.15, 0.2) is 0 Å². The second-order valence-corrected chi connectivity index (χ2v) is 6.38. The number of benzene rings is 1. The van der Waals surface area contributed by atoms with Crippen LogP contribution in [-0.2, 0) is 22.6 Å². The molecule has 0 radical (unpaired) electrons. The number of nitrogens with zero attached hydrogens (tertiary/aromatic N) is 2. The largest absolute Gasteiger partial charge is 0.392 e. The minimum absolute atomic E-state index is 0.0483. The van der Waals surface area contributed by atoms with Gasteiger partial charge in [-0.25, -0.2) is 9.97 Å². The predicted molar refractivity (Wildman–Crippen MR) is 97.6 cm³/mol. The third-order valence-corrected chi connectivity index (χ3v) is 4.45. The Kier molecular flexibility index (Phi) is 6.14. The van der Waals surface area contributed by atoms with Crippen LogP contribution < -0.4 is 10.6 Å². The molecular weight excluding hydrogens is 332 g/mol. The summed E-state index contributed by atoms with van der Waals surface area (Å²) in [4.78, 5) is 21.0. The highest BCUT2D eigenvalue weighted by Gasteiger charge is 2.27. The van der Waals surface area contributed by atoms with Gasteiger partial charge in [0.2, 0.25) is 5.91 Å². The predicted octanol–water partition coefficient (Wildman–Crippen LogP) is 1.21. The zero-order valence-corrected chi connectivity index (χ0v) is 14.8. The molecular formula is C19H24N4O3. The van der Waals surface area contributed by atoms with E-state index in [0.29, 0.717) is 19.0 Å². The fraction of sp³-hybridized carbons (Fsp3) is 0.421. The quantitative estimate of drug-likeness (QED) is 0.720. The number of aliphatic hydroxyl groups excluding tert-OH is 1. The Morgan fingerprint density at radius 2 is 2.08 bits per heavy atom. The maximum atomic E-state index is 12.5. The Balaban J connectivity index is 1.63. The number of amides is 1. The Hall–Kier alpha value is -2.51. The molecule has 2 heterocycles. The molecule has 1 aliphatic heterocycles. The summed E-state index contributed by atoms with van der Waals surface area (Å²) in [5.74, 6) is 1.34. The van der Waals surface area contributed by atoms with Crippen LogP contribution >= 0.6 is 0 Å². The minimum Gasteiger partial charge on any atom is -0.392 e. The van der Waals surface area contributed by atoms with Crippen LogP contribution in [0, 0.1) is 6.92 Å². The molecule has 2 atom stereocenters. The first-order chi connectivity index (χ1) is 12.7. The Labute approximate surface area is 152 Å². The van der Waals surface area contributed by atoms with E-state index in [1.807, 2.05) is 31.2 Å². The van der Waals surface area contributed by atoms with E-state index in [4.69, 9.17) is 4.74 Å². The molecule has 1 fully saturated rings. The molecule has 3 N–H and O–H groups in total. The highest BCUT2D eigenvalue weighted by molar-refractivity contribution is 5.79. The van der Waals surface area contributed by atoms with Gasteiger partial charge in [0.25, 0.3) is 0 Å². The molecule has 138 valence electrons. The smallest absolute Gasteiger partial charge is 0.224 e. The summed E-state index contributed by atoms with van der Waals surface area (Å²) in [6, 6.07) is 9.13. The van der Waals surface area contributed by atoms with E-state index in [1.165, 1.54) is 0 Å². The van der Waals surface area contributed by atoms with Crippen molar-refractivity contribution in [2.75, 3.05) is 18.5 Å². The number of carbonyl (C=O) groups excluding carboxylic acids is 1. The molecule has 7 nitrogen and oxygen atoms in total. The summed E-state index contributed by atoms with van der Waals surface area (Å²) < 4.78 is 5.56. The molecule has 1 aromatic carbocycles. The van der Waals surface area contributed by atoms with Crippen LogP contribution in [0.4, 0.5) is 5.82 Å². The van der Waals surface area contributed by atoms with E-state index in [9.17, 15) is 9.90 Å². The summed E-state index contributed by atoms with van der Waals surface area (Å²) in [5, 5.41) is 15.8. The average molecular weight is 356 g/mol. The van der Waals surface area contributed by atoms with Crippen LogP contribution in [0.1, 0.15) is 23.4 Å². The van der Waals surface area contributed by atoms with Crippen LogP contribution in [0.3, 0.4) is 0 Å². The van der Waals surface area contributed by atoms with E-state index < -0.39 is 0 Å². The molecule has 0 unspecified atom stereocenters. The van der Waals surface area contributed by atoms with Crippen molar-refractivity contribution < 1.29 is 14.6 Å². The molecule has 1 amide bonds. The second kappa shape index (κ2) is 8.73. The highest BCUT2D eigenvalue weighted by Crippen LogP contribution is 2.15. The molecule has 26 heavy (non-hydrogen) atoms. The van der Waals surface area contributed by atoms with Crippen molar-refractivity contribution >= 4 is 11.7 Å². The van der Waals surface area contributed by atoms with Crippen LogP contribution in [0.2, 0.25) is 0 Å². The van der Waals surface area contributed by atoms with Crippen LogP contribution in [0.15, 0.2) is 36.5 Å². The summed E-state index contributed by atoms with van der Waals surface area (Å²) in [7, 11) is 0. The van der Waals surface area contributed by atoms with Gasteiger partial charge < -0.3 is 20.5 Å². The number of hydrogen-bond donors (Lipinski definition) is 3. The lowest BCUT2D eigenvalue weighted by Crippen LogP contribution is -2.52. The number of rotatable bonds is 6. The van der Waals surface area contributed by atoms with Crippen LogP contribution in [0.5, 0.6) is 0 Å². The SMILES string of the molecule is Cc1nccc(N[C@@H]2COCC[C@@H]2NC(=O)Cc2ccccc2CO)n1. The average Bonchev–Trinajstić information content (AvgIpc) is 2.64. The molecule has 2 aromatic rings. The van der Waals surface area contributed by atoms with Crippen LogP contribution in [-0.4, -0.2) is 46.3 Å². The number of carbonyl (C=O) groups is 1. The molecule has 0 aliphatic carbocycles. The molecule has 3 rings (SSSR count). The van der Waals surface area contributed by atoms with Crippen molar-refractivity contribution in [1.82, 2.24) is 15.3 Å². The number of ether oxygens (including phenoxy) is 1. The number of hydrogen-bond acceptors (Lipinski definition) is 6. The van der Waals surface area contributed by atoms with E-state index in [-0.39, 0.29) is 31.0 Å². The summed E-state index contributed by atoms with van der Waals surface area (Å²) in [6.45, 7) is 2.87. The standard InChI is InChI=1S/C19H24N4O3/c1-13-20-8-6-18(21-13)22-17-12-26-9-7-16(17)23-19(25)10-14-4-2-3-5-15(14)11-24/h2-6,8,16-17,24H,7,9-12H2,1H3,(H,23,25)(H,20,21,22)/t16-,17+/m0/s1. The van der Waals surface area contributed by atoms with Gasteiger partial charge in [-0.2, -0.15) is 0 Å². The number of aromatic nitrogens is 2. The zero-order chi connectivity index (χ0) is 18.4. The van der Waals surface area contributed by atoms with Gasteiger partial charge in [0.05, 0.1) is 31.7 Å². The van der Waals surface area contributed by atoms with Crippen molar-refractivity contribution in [3.05, 3.63) is 53.5 Å². The van der Waals surface area contributed by atoms with Gasteiger partial charge >= 0.3 is 0 Å². The summed E-state index contributed by atoms with van der Waals surface area (Å²) in [6.07, 6.45) is 2.68. The number of anilines is 1. The molecule has 0 saturated carbocycles. The first-order valence-electron chi connectivity index (χ1n) is 8.76. The topological polar surface area (TPSA) is 96.4 Å². The van der Waals surface area contributed by atoms with Crippen molar-refractivity contribution in [3.63, 3.8) is 0 Å². The lowest BCUT2D eigenvalue weighted by molar-refractivity contribution is -0.121. The first kappa shape index (κ1) is 18.3. The number of nitrogens with one attached hydrogen (secondary N) is 2. The van der Waals surface area contributed by atoms with Gasteiger partial charge in [-0.3, -0.25) is 4.79 Å². The maximum absolute atomic E-state index is 12.5. The van der Waals surface area contributed by atoms with E-state index in [0.717, 1.165) is 23.4 Å². The minimum atomic E-state index is -0.0715. The van der Waals surface area contributed by atoms with Gasteiger partial charge in [-0.1, -0.05) is 24.3 Å². The first-order valence-corrected chi connectivity index (χ1v) is 8.76. The molecule has 0 spiro atoms. The molecule has 1 aromatic heterocycles. The number of aliphatic hydroxyl groups is 1. The van der Waals surface area contributed by atoms with Crippen molar-refractivity contribution in [3.8, 4) is 0 Å². The van der Waals surface area contributed by atoms with Gasteiger partial charge in [-0.05, 0) is 30.5 Å². The monoisotopic (exact) mass is 356 g/mol. The summed E-state index contributed by atoms with van der Waals surface area (Å²) in [5.41, 5.74) is 1.62. The molecule has 0 bridgehead atoms. The Bertz CT molecular complexity index is 753. The normalized spacial score (nSPS) is 19.8. The second-order valence-electron chi connectivity index (χ2n) is 6.38. The van der Waals surface area contributed by atoms with Gasteiger partial charge in [-0.15, -0.1) is 0 Å². The lowest BCUT2D eigenvalue weighted by atomic mass is 10.0. The highest BCUT2D eigenvalue weighted by atomic mass is 16.5. The van der Waals surface area contributed by atoms with Crippen molar-refractivity contribution in [1.29, 1.82) is 0 Å². The third kappa shape index (κ3) is 4.77. The van der Waals surface area contributed by atoms with Crippen molar-refractivity contribution in [2.45, 2.75) is 38.5 Å². The fourth-order valence-corrected chi connectivity index (χ4v) is 3.09. The summed E-state index contributed by atoms with van der Waals surface area (Å²) >= 11 is 0. The maximum Gasteiger partial charge on any atom is 0.224 e. The van der Waals surface area contributed by atoms with Crippen LogP contribution in [0.25, 0.3) is 0 Å². The third-order valence-electron chi connectivity index (χ3n) is 4.45. The molecule has 1 aliphatic rings. The Morgan fingerprint density at radius 3 is 2.85 bits per heavy atom. The zero-order valence-electron chi connectivity index (χ0n) is 14.8. The molecule has 7 heteroatoms. The van der Waals surface area contributed by atoms with E-state index in [1.54, 1.807) is 12.3 Å². The van der Waals surface area contributed by atoms with E-state index >= 15 is 0 Å². The lowest BCUT2D eigenvalue weighted by Gasteiger charge is -2.33. The van der Waals surface area contributed by atoms with Gasteiger partial charge in [0.1, 0.15) is 11.6 Å². The number of aryl methyl sites for hydroxylation is 1. The Morgan fingerprint density at radius 1 is 1.27 bits per heavy atom. The van der Waals surface area contributed by atoms with E-state index in [2.05, 4.69) is 20.6 Å². The van der Waals surface area contributed by atoms with Gasteiger partial charge in [0, 0.05) is 12.8 Å². The fourth-order valence-electron chi connectivity index (χ4n) is 3.09. The van der Waals surface area contributed by atoms with Crippen molar-refractivity contribution in [2.24, 2.45) is 0 Å². The molecule has 1 saturated heterocycles.